The minimum Gasteiger partial charge on any atom is -0.310 e. The van der Waals surface area contributed by atoms with E-state index >= 15 is 0 Å². The first-order valence-electron chi connectivity index (χ1n) is 7.81. The summed E-state index contributed by atoms with van der Waals surface area (Å²) >= 11 is 0. The lowest BCUT2D eigenvalue weighted by Gasteiger charge is -2.36. The zero-order valence-corrected chi connectivity index (χ0v) is 12.5. The fraction of sp³-hybridized carbons (Fsp3) is 0.647. The first-order valence-corrected chi connectivity index (χ1v) is 7.81. The monoisotopic (exact) mass is 276 g/mol. The number of halogens is 1. The Morgan fingerprint density at radius 2 is 2.05 bits per heavy atom. The van der Waals surface area contributed by atoms with E-state index in [2.05, 4.69) is 24.1 Å². The van der Waals surface area contributed by atoms with Gasteiger partial charge in [0.05, 0.1) is 0 Å². The van der Waals surface area contributed by atoms with Crippen molar-refractivity contribution in [1.29, 1.82) is 0 Å². The average Bonchev–Trinajstić information content (AvgIpc) is 3.24. The van der Waals surface area contributed by atoms with Gasteiger partial charge in [0.15, 0.2) is 0 Å². The van der Waals surface area contributed by atoms with Gasteiger partial charge in [-0.15, -0.1) is 0 Å². The van der Waals surface area contributed by atoms with E-state index in [9.17, 15) is 4.39 Å². The minimum absolute atomic E-state index is 0.0787. The quantitative estimate of drug-likeness (QED) is 0.912. The summed E-state index contributed by atoms with van der Waals surface area (Å²) in [6.07, 6.45) is 3.81. The van der Waals surface area contributed by atoms with Crippen LogP contribution in [0.15, 0.2) is 24.3 Å². The normalized spacial score (nSPS) is 32.0. The van der Waals surface area contributed by atoms with Crippen LogP contribution in [-0.4, -0.2) is 29.6 Å². The Kier molecular flexibility index (Phi) is 3.83. The van der Waals surface area contributed by atoms with Crippen molar-refractivity contribution in [2.75, 3.05) is 13.1 Å². The molecule has 1 aliphatic carbocycles. The Bertz CT molecular complexity index is 472. The van der Waals surface area contributed by atoms with Crippen molar-refractivity contribution < 1.29 is 4.39 Å². The lowest BCUT2D eigenvalue weighted by Crippen LogP contribution is -2.51. The molecule has 110 valence electrons. The van der Waals surface area contributed by atoms with E-state index in [-0.39, 0.29) is 11.4 Å². The Labute approximate surface area is 121 Å². The van der Waals surface area contributed by atoms with Crippen molar-refractivity contribution in [3.05, 3.63) is 35.6 Å². The average molecular weight is 276 g/mol. The number of hydrogen-bond donors (Lipinski definition) is 1. The second-order valence-electron chi connectivity index (χ2n) is 6.75. The summed E-state index contributed by atoms with van der Waals surface area (Å²) in [6, 6.07) is 7.67. The summed E-state index contributed by atoms with van der Waals surface area (Å²) in [5.41, 5.74) is 1.02. The minimum atomic E-state index is -0.0787. The van der Waals surface area contributed by atoms with Crippen LogP contribution in [0, 0.1) is 11.7 Å². The SMILES string of the molecule is CC1CCNC(C)(C2CC2)CN1Cc1ccccc1F. The second-order valence-corrected chi connectivity index (χ2v) is 6.75. The van der Waals surface area contributed by atoms with Crippen molar-refractivity contribution in [2.24, 2.45) is 5.92 Å². The molecule has 1 saturated heterocycles. The molecule has 1 heterocycles. The first-order chi connectivity index (χ1) is 9.58. The molecule has 1 saturated carbocycles. The fourth-order valence-corrected chi connectivity index (χ4v) is 3.43. The molecule has 2 fully saturated rings. The largest absolute Gasteiger partial charge is 0.310 e. The van der Waals surface area contributed by atoms with Gasteiger partial charge in [-0.3, -0.25) is 4.90 Å². The van der Waals surface area contributed by atoms with Crippen molar-refractivity contribution in [1.82, 2.24) is 10.2 Å². The maximum Gasteiger partial charge on any atom is 0.127 e. The molecule has 2 atom stereocenters. The van der Waals surface area contributed by atoms with Gasteiger partial charge in [-0.05, 0) is 51.6 Å². The van der Waals surface area contributed by atoms with E-state index in [0.717, 1.165) is 37.5 Å². The number of nitrogens with one attached hydrogen (secondary N) is 1. The number of rotatable bonds is 3. The molecule has 3 heteroatoms. The van der Waals surface area contributed by atoms with Gasteiger partial charge in [-0.25, -0.2) is 4.39 Å². The van der Waals surface area contributed by atoms with Gasteiger partial charge < -0.3 is 5.32 Å². The summed E-state index contributed by atoms with van der Waals surface area (Å²) in [5.74, 6) is 0.723. The van der Waals surface area contributed by atoms with Gasteiger partial charge in [0.1, 0.15) is 5.82 Å². The van der Waals surface area contributed by atoms with Crippen LogP contribution in [0.2, 0.25) is 0 Å². The molecular formula is C17H25FN2. The molecule has 2 unspecified atom stereocenters. The summed E-state index contributed by atoms with van der Waals surface area (Å²) < 4.78 is 13.9. The molecule has 20 heavy (non-hydrogen) atoms. The molecule has 2 aliphatic rings. The maximum absolute atomic E-state index is 13.9. The third-order valence-electron chi connectivity index (χ3n) is 5.06. The van der Waals surface area contributed by atoms with Gasteiger partial charge in [0.25, 0.3) is 0 Å². The molecule has 2 nitrogen and oxygen atoms in total. The van der Waals surface area contributed by atoms with Crippen molar-refractivity contribution in [3.63, 3.8) is 0 Å². The third kappa shape index (κ3) is 2.89. The highest BCUT2D eigenvalue weighted by Gasteiger charge is 2.43. The van der Waals surface area contributed by atoms with E-state index in [1.807, 2.05) is 12.1 Å². The van der Waals surface area contributed by atoms with E-state index in [1.54, 1.807) is 12.1 Å². The van der Waals surface area contributed by atoms with Crippen LogP contribution in [0.5, 0.6) is 0 Å². The molecule has 1 N–H and O–H groups in total. The van der Waals surface area contributed by atoms with E-state index in [1.165, 1.54) is 12.8 Å². The fourth-order valence-electron chi connectivity index (χ4n) is 3.43. The third-order valence-corrected chi connectivity index (χ3v) is 5.06. The second kappa shape index (κ2) is 5.45. The molecule has 0 bridgehead atoms. The van der Waals surface area contributed by atoms with Gasteiger partial charge in [0.2, 0.25) is 0 Å². The highest BCUT2D eigenvalue weighted by molar-refractivity contribution is 5.17. The highest BCUT2D eigenvalue weighted by atomic mass is 19.1. The predicted molar refractivity (Wildman–Crippen MR) is 80.0 cm³/mol. The smallest absolute Gasteiger partial charge is 0.127 e. The summed E-state index contributed by atoms with van der Waals surface area (Å²) in [6.45, 7) is 7.42. The lowest BCUT2D eigenvalue weighted by molar-refractivity contribution is 0.153. The van der Waals surface area contributed by atoms with Crippen molar-refractivity contribution in [2.45, 2.75) is 51.2 Å². The Hall–Kier alpha value is -0.930. The number of nitrogens with zero attached hydrogens (tertiary/aromatic N) is 1. The first kappa shape index (κ1) is 14.0. The predicted octanol–water partition coefficient (Wildman–Crippen LogP) is 3.18. The Morgan fingerprint density at radius 1 is 1.30 bits per heavy atom. The van der Waals surface area contributed by atoms with E-state index < -0.39 is 0 Å². The molecular weight excluding hydrogens is 251 g/mol. The summed E-state index contributed by atoms with van der Waals surface area (Å²) in [7, 11) is 0. The van der Waals surface area contributed by atoms with Gasteiger partial charge >= 0.3 is 0 Å². The molecule has 3 rings (SSSR count). The molecule has 0 amide bonds. The van der Waals surface area contributed by atoms with Crippen LogP contribution in [0.4, 0.5) is 4.39 Å². The van der Waals surface area contributed by atoms with E-state index in [4.69, 9.17) is 0 Å². The highest BCUT2D eigenvalue weighted by Crippen LogP contribution is 2.41. The molecule has 1 aliphatic heterocycles. The molecule has 0 aromatic heterocycles. The van der Waals surface area contributed by atoms with Crippen LogP contribution in [0.1, 0.15) is 38.7 Å². The maximum atomic E-state index is 13.9. The van der Waals surface area contributed by atoms with Crippen molar-refractivity contribution >= 4 is 0 Å². The molecule has 0 spiro atoms. The van der Waals surface area contributed by atoms with Crippen LogP contribution in [-0.2, 0) is 6.54 Å². The standard InChI is InChI=1S/C17H25FN2/c1-13-9-10-19-17(2,15-7-8-15)12-20(13)11-14-5-3-4-6-16(14)18/h3-6,13,15,19H,7-12H2,1-2H3. The van der Waals surface area contributed by atoms with Crippen LogP contribution >= 0.6 is 0 Å². The molecule has 0 radical (unpaired) electrons. The molecule has 1 aromatic carbocycles. The summed E-state index contributed by atoms with van der Waals surface area (Å²) in [4.78, 5) is 2.46. The van der Waals surface area contributed by atoms with Gasteiger partial charge in [-0.1, -0.05) is 18.2 Å². The molecule has 1 aromatic rings. The van der Waals surface area contributed by atoms with Crippen LogP contribution in [0.25, 0.3) is 0 Å². The summed E-state index contributed by atoms with van der Waals surface area (Å²) in [5, 5.41) is 3.75. The number of benzene rings is 1. The van der Waals surface area contributed by atoms with Gasteiger partial charge in [-0.2, -0.15) is 0 Å². The van der Waals surface area contributed by atoms with Gasteiger partial charge in [0, 0.05) is 30.2 Å². The van der Waals surface area contributed by atoms with Crippen LogP contribution < -0.4 is 5.32 Å². The lowest BCUT2D eigenvalue weighted by atomic mass is 9.95. The Balaban J connectivity index is 1.77. The Morgan fingerprint density at radius 3 is 2.75 bits per heavy atom. The van der Waals surface area contributed by atoms with E-state index in [0.29, 0.717) is 6.04 Å². The topological polar surface area (TPSA) is 15.3 Å². The zero-order valence-electron chi connectivity index (χ0n) is 12.5. The van der Waals surface area contributed by atoms with Crippen molar-refractivity contribution in [3.8, 4) is 0 Å². The number of hydrogen-bond acceptors (Lipinski definition) is 2. The van der Waals surface area contributed by atoms with Crippen LogP contribution in [0.3, 0.4) is 0 Å². The zero-order chi connectivity index (χ0) is 14.2.